The number of aromatic nitrogens is 1. The van der Waals surface area contributed by atoms with Gasteiger partial charge >= 0.3 is 5.97 Å². The van der Waals surface area contributed by atoms with Crippen molar-refractivity contribution in [2.45, 2.75) is 11.8 Å². The summed E-state index contributed by atoms with van der Waals surface area (Å²) in [5.41, 5.74) is 0.602. The van der Waals surface area contributed by atoms with Crippen LogP contribution in [0.1, 0.15) is 17.4 Å². The molecular weight excluding hydrogens is 348 g/mol. The normalized spacial score (nSPS) is 17.2. The van der Waals surface area contributed by atoms with Crippen molar-refractivity contribution in [3.05, 3.63) is 30.0 Å². The molecular formula is C16H20N2O4S2. The Balaban J connectivity index is 2.14. The Morgan fingerprint density at radius 2 is 2.00 bits per heavy atom. The number of rotatable bonds is 4. The molecule has 1 aliphatic heterocycles. The molecule has 0 amide bonds. The van der Waals surface area contributed by atoms with Crippen molar-refractivity contribution in [3.63, 3.8) is 0 Å². The zero-order valence-electron chi connectivity index (χ0n) is 13.4. The lowest BCUT2D eigenvalue weighted by molar-refractivity contribution is 0.0516. The van der Waals surface area contributed by atoms with Crippen LogP contribution in [-0.2, 0) is 14.8 Å². The minimum absolute atomic E-state index is 0.00255. The summed E-state index contributed by atoms with van der Waals surface area (Å²) in [6.45, 7) is 2.73. The number of benzene rings is 1. The first-order valence-corrected chi connectivity index (χ1v) is 10.9. The Kier molecular flexibility index (Phi) is 4.80. The Morgan fingerprint density at radius 3 is 2.67 bits per heavy atom. The number of ether oxygens (including phenoxy) is 1. The first-order chi connectivity index (χ1) is 11.4. The van der Waals surface area contributed by atoms with E-state index in [0.717, 1.165) is 11.5 Å². The Morgan fingerprint density at radius 1 is 1.33 bits per heavy atom. The van der Waals surface area contributed by atoms with Crippen molar-refractivity contribution in [2.24, 2.45) is 0 Å². The zero-order valence-corrected chi connectivity index (χ0v) is 15.1. The summed E-state index contributed by atoms with van der Waals surface area (Å²) in [6, 6.07) is 7.01. The molecule has 1 aromatic heterocycles. The largest absolute Gasteiger partial charge is 0.461 e. The Labute approximate surface area is 143 Å². The summed E-state index contributed by atoms with van der Waals surface area (Å²) in [7, 11) is -3.78. The number of carbonyl (C=O) groups is 1. The third kappa shape index (κ3) is 3.01. The predicted molar refractivity (Wildman–Crippen MR) is 97.5 cm³/mol. The number of hydrogen-bond acceptors (Lipinski definition) is 4. The molecule has 2 heterocycles. The minimum atomic E-state index is -3.78. The Hall–Kier alpha value is -1.64. The summed E-state index contributed by atoms with van der Waals surface area (Å²) >= 11 is 0. The second-order valence-corrected chi connectivity index (χ2v) is 9.44. The van der Waals surface area contributed by atoms with E-state index in [0.29, 0.717) is 24.0 Å². The highest BCUT2D eigenvalue weighted by molar-refractivity contribution is 8.14. The van der Waals surface area contributed by atoms with E-state index in [1.165, 1.54) is 4.31 Å². The van der Waals surface area contributed by atoms with Crippen molar-refractivity contribution in [1.82, 2.24) is 9.29 Å². The molecule has 1 N–H and O–H groups in total. The molecule has 130 valence electrons. The van der Waals surface area contributed by atoms with Crippen LogP contribution in [0.4, 0.5) is 0 Å². The molecule has 0 aliphatic carbocycles. The number of aromatic amines is 1. The fraction of sp³-hybridized carbons (Fsp3) is 0.375. The lowest BCUT2D eigenvalue weighted by Crippen LogP contribution is -2.39. The molecule has 1 fully saturated rings. The van der Waals surface area contributed by atoms with E-state index < -0.39 is 16.0 Å². The van der Waals surface area contributed by atoms with Crippen LogP contribution >= 0.6 is 10.5 Å². The number of carbonyl (C=O) groups excluding carboxylic acids is 1. The van der Waals surface area contributed by atoms with Gasteiger partial charge in [-0.15, -0.1) is 0 Å². The molecule has 1 saturated heterocycles. The van der Waals surface area contributed by atoms with Crippen LogP contribution in [0.5, 0.6) is 0 Å². The Bertz CT molecular complexity index is 892. The van der Waals surface area contributed by atoms with Gasteiger partial charge in [0.1, 0.15) is 10.6 Å². The maximum Gasteiger partial charge on any atom is 0.356 e. The molecule has 1 aliphatic rings. The quantitative estimate of drug-likeness (QED) is 0.662. The van der Waals surface area contributed by atoms with Crippen molar-refractivity contribution < 1.29 is 17.9 Å². The standard InChI is InChI=1S/C16H20N2O4S2/c1-3-22-16(19)14-15(12-6-4-5-7-13(12)17-14)24(20,21)18-8-10-23(2)11-9-18/h4-7,17H,2-3,8-11H2,1H3. The van der Waals surface area contributed by atoms with E-state index in [4.69, 9.17) is 4.74 Å². The monoisotopic (exact) mass is 368 g/mol. The number of hydrogen-bond donors (Lipinski definition) is 1. The second-order valence-electron chi connectivity index (χ2n) is 5.52. The first-order valence-electron chi connectivity index (χ1n) is 7.70. The molecule has 6 nitrogen and oxygen atoms in total. The highest BCUT2D eigenvalue weighted by Gasteiger charge is 2.34. The van der Waals surface area contributed by atoms with E-state index in [1.54, 1.807) is 31.2 Å². The van der Waals surface area contributed by atoms with Crippen LogP contribution in [0.3, 0.4) is 0 Å². The minimum Gasteiger partial charge on any atom is -0.461 e. The third-order valence-electron chi connectivity index (χ3n) is 3.99. The molecule has 0 spiro atoms. The lowest BCUT2D eigenvalue weighted by atomic mass is 10.2. The van der Waals surface area contributed by atoms with Gasteiger partial charge in [-0.1, -0.05) is 24.1 Å². The van der Waals surface area contributed by atoms with Gasteiger partial charge in [0.25, 0.3) is 0 Å². The summed E-state index contributed by atoms with van der Waals surface area (Å²) in [5.74, 6) is 4.86. The summed E-state index contributed by atoms with van der Waals surface area (Å²) in [4.78, 5) is 15.2. The van der Waals surface area contributed by atoms with Gasteiger partial charge in [-0.3, -0.25) is 0 Å². The number of H-pyrrole nitrogens is 1. The maximum atomic E-state index is 13.2. The second kappa shape index (κ2) is 6.70. The van der Waals surface area contributed by atoms with Crippen LogP contribution in [0.15, 0.2) is 29.2 Å². The molecule has 8 heteroatoms. The highest BCUT2D eigenvalue weighted by Crippen LogP contribution is 2.31. The van der Waals surface area contributed by atoms with Gasteiger partial charge in [0.05, 0.1) is 6.61 Å². The van der Waals surface area contributed by atoms with Gasteiger partial charge in [0.2, 0.25) is 10.0 Å². The first kappa shape index (κ1) is 17.2. The molecule has 0 radical (unpaired) electrons. The van der Waals surface area contributed by atoms with E-state index in [1.807, 2.05) is 0 Å². The van der Waals surface area contributed by atoms with Crippen LogP contribution in [-0.4, -0.2) is 60.7 Å². The summed E-state index contributed by atoms with van der Waals surface area (Å²) < 4.78 is 32.8. The van der Waals surface area contributed by atoms with Crippen LogP contribution in [0.25, 0.3) is 10.9 Å². The van der Waals surface area contributed by atoms with Gasteiger partial charge in [0.15, 0.2) is 0 Å². The molecule has 24 heavy (non-hydrogen) atoms. The molecule has 0 saturated carbocycles. The molecule has 1 aromatic carbocycles. The fourth-order valence-electron chi connectivity index (χ4n) is 2.78. The number of esters is 1. The SMILES string of the molecule is C=S1CCN(S(=O)(=O)c2c(C(=O)OCC)[nH]c3ccccc23)CC1. The molecule has 3 rings (SSSR count). The van der Waals surface area contributed by atoms with E-state index in [2.05, 4.69) is 10.9 Å². The van der Waals surface area contributed by atoms with Crippen molar-refractivity contribution in [3.8, 4) is 0 Å². The van der Waals surface area contributed by atoms with Gasteiger partial charge in [-0.2, -0.15) is 14.8 Å². The molecule has 0 atom stereocenters. The van der Waals surface area contributed by atoms with Crippen molar-refractivity contribution >= 4 is 43.2 Å². The van der Waals surface area contributed by atoms with Gasteiger partial charge in [-0.05, 0) is 13.0 Å². The number of para-hydroxylation sites is 1. The summed E-state index contributed by atoms with van der Waals surface area (Å²) in [6.07, 6.45) is 0. The van der Waals surface area contributed by atoms with Gasteiger partial charge in [0, 0.05) is 35.5 Å². The van der Waals surface area contributed by atoms with Crippen LogP contribution < -0.4 is 0 Å². The van der Waals surface area contributed by atoms with E-state index in [-0.39, 0.29) is 27.7 Å². The molecule has 0 unspecified atom stereocenters. The fourth-order valence-corrected chi connectivity index (χ4v) is 5.94. The smallest absolute Gasteiger partial charge is 0.356 e. The zero-order chi connectivity index (χ0) is 17.3. The number of nitrogens with one attached hydrogen (secondary N) is 1. The van der Waals surface area contributed by atoms with E-state index in [9.17, 15) is 13.2 Å². The predicted octanol–water partition coefficient (Wildman–Crippen LogP) is 2.05. The van der Waals surface area contributed by atoms with Gasteiger partial charge in [-0.25, -0.2) is 13.2 Å². The van der Waals surface area contributed by atoms with Crippen molar-refractivity contribution in [2.75, 3.05) is 31.2 Å². The van der Waals surface area contributed by atoms with Gasteiger partial charge < -0.3 is 9.72 Å². The highest BCUT2D eigenvalue weighted by atomic mass is 32.2. The summed E-state index contributed by atoms with van der Waals surface area (Å²) in [5, 5.41) is 0.514. The number of nitrogens with zero attached hydrogens (tertiary/aromatic N) is 1. The van der Waals surface area contributed by atoms with E-state index >= 15 is 0 Å². The van der Waals surface area contributed by atoms with Crippen molar-refractivity contribution in [1.29, 1.82) is 0 Å². The number of fused-ring (bicyclic) bond motifs is 1. The lowest BCUT2D eigenvalue weighted by Gasteiger charge is -2.27. The number of sulfonamides is 1. The average Bonchev–Trinajstić information content (AvgIpc) is 2.96. The topological polar surface area (TPSA) is 79.5 Å². The van der Waals surface area contributed by atoms with Crippen LogP contribution in [0, 0.1) is 0 Å². The molecule has 2 aromatic rings. The average molecular weight is 368 g/mol. The molecule has 0 bridgehead atoms. The third-order valence-corrected chi connectivity index (χ3v) is 7.50. The maximum absolute atomic E-state index is 13.2. The van der Waals surface area contributed by atoms with Crippen LogP contribution in [0.2, 0.25) is 0 Å².